The maximum atomic E-state index is 11.4. The zero-order chi connectivity index (χ0) is 15.4. The lowest BCUT2D eigenvalue weighted by Crippen LogP contribution is -2.29. The Bertz CT molecular complexity index is 652. The smallest absolute Gasteiger partial charge is 0.345 e. The fraction of sp³-hybridized carbons (Fsp3) is 0.235. The summed E-state index contributed by atoms with van der Waals surface area (Å²) >= 11 is 5.89. The van der Waals surface area contributed by atoms with Gasteiger partial charge >= 0.3 is 5.97 Å². The van der Waals surface area contributed by atoms with Gasteiger partial charge < -0.3 is 9.84 Å². The van der Waals surface area contributed by atoms with Gasteiger partial charge in [-0.05, 0) is 43.2 Å². The molecule has 0 aromatic heterocycles. The lowest BCUT2D eigenvalue weighted by atomic mass is 10.00. The highest BCUT2D eigenvalue weighted by Crippen LogP contribution is 2.21. The zero-order valence-corrected chi connectivity index (χ0v) is 12.7. The largest absolute Gasteiger partial charge is 0.478 e. The van der Waals surface area contributed by atoms with Crippen molar-refractivity contribution in [2.45, 2.75) is 26.4 Å². The van der Waals surface area contributed by atoms with E-state index < -0.39 is 12.1 Å². The van der Waals surface area contributed by atoms with Crippen LogP contribution < -0.4 is 4.74 Å². The number of aliphatic carboxylic acids is 1. The van der Waals surface area contributed by atoms with Crippen LogP contribution in [-0.4, -0.2) is 17.2 Å². The molecule has 0 saturated carbocycles. The topological polar surface area (TPSA) is 46.5 Å². The number of hydrogen-bond acceptors (Lipinski definition) is 2. The predicted octanol–water partition coefficient (Wildman–Crippen LogP) is 4.03. The van der Waals surface area contributed by atoms with E-state index in [1.807, 2.05) is 32.0 Å². The van der Waals surface area contributed by atoms with Gasteiger partial charge in [-0.2, -0.15) is 0 Å². The fourth-order valence-electron chi connectivity index (χ4n) is 2.10. The standard InChI is InChI=1S/C17H17ClO3/c1-11-6-7-12(2)13(8-11)9-16(17(19)20)21-15-5-3-4-14(18)10-15/h3-8,10,16H,9H2,1-2H3,(H,19,20). The molecule has 0 bridgehead atoms. The molecule has 110 valence electrons. The SMILES string of the molecule is Cc1ccc(C)c(CC(Oc2cccc(Cl)c2)C(=O)O)c1. The summed E-state index contributed by atoms with van der Waals surface area (Å²) in [4.78, 5) is 11.4. The van der Waals surface area contributed by atoms with Crippen LogP contribution in [0.2, 0.25) is 5.02 Å². The van der Waals surface area contributed by atoms with Crippen LogP contribution in [0.1, 0.15) is 16.7 Å². The molecule has 0 radical (unpaired) electrons. The summed E-state index contributed by atoms with van der Waals surface area (Å²) in [6.07, 6.45) is -0.626. The molecule has 1 unspecified atom stereocenters. The molecular formula is C17H17ClO3. The van der Waals surface area contributed by atoms with Gasteiger partial charge in [0.15, 0.2) is 6.10 Å². The Labute approximate surface area is 129 Å². The highest BCUT2D eigenvalue weighted by molar-refractivity contribution is 6.30. The van der Waals surface area contributed by atoms with E-state index in [9.17, 15) is 9.90 Å². The number of hydrogen-bond donors (Lipinski definition) is 1. The molecule has 0 aliphatic carbocycles. The monoisotopic (exact) mass is 304 g/mol. The van der Waals surface area contributed by atoms with Gasteiger partial charge in [0.1, 0.15) is 5.75 Å². The van der Waals surface area contributed by atoms with Gasteiger partial charge in [0, 0.05) is 11.4 Å². The van der Waals surface area contributed by atoms with Gasteiger partial charge in [-0.1, -0.05) is 41.4 Å². The number of carboxylic acid groups (broad SMARTS) is 1. The van der Waals surface area contributed by atoms with Crippen molar-refractivity contribution in [2.75, 3.05) is 0 Å². The molecule has 0 aliphatic heterocycles. The first kappa shape index (κ1) is 15.4. The molecule has 0 fully saturated rings. The highest BCUT2D eigenvalue weighted by Gasteiger charge is 2.21. The summed E-state index contributed by atoms with van der Waals surface area (Å²) in [7, 11) is 0. The minimum atomic E-state index is -0.990. The van der Waals surface area contributed by atoms with Gasteiger partial charge in [-0.25, -0.2) is 4.79 Å². The molecule has 1 atom stereocenters. The van der Waals surface area contributed by atoms with Crippen LogP contribution in [0.4, 0.5) is 0 Å². The van der Waals surface area contributed by atoms with E-state index in [0.29, 0.717) is 17.2 Å². The van der Waals surface area contributed by atoms with Crippen molar-refractivity contribution in [1.82, 2.24) is 0 Å². The van der Waals surface area contributed by atoms with Crippen molar-refractivity contribution in [1.29, 1.82) is 0 Å². The molecule has 0 saturated heterocycles. The van der Waals surface area contributed by atoms with Crippen LogP contribution >= 0.6 is 11.6 Å². The van der Waals surface area contributed by atoms with Gasteiger partial charge in [0.25, 0.3) is 0 Å². The van der Waals surface area contributed by atoms with Gasteiger partial charge in [0.05, 0.1) is 0 Å². The number of ether oxygens (including phenoxy) is 1. The van der Waals surface area contributed by atoms with E-state index in [0.717, 1.165) is 16.7 Å². The third-order valence-electron chi connectivity index (χ3n) is 3.26. The third-order valence-corrected chi connectivity index (χ3v) is 3.49. The van der Waals surface area contributed by atoms with Crippen molar-refractivity contribution >= 4 is 17.6 Å². The van der Waals surface area contributed by atoms with Crippen LogP contribution in [0, 0.1) is 13.8 Å². The molecule has 2 rings (SSSR count). The number of aryl methyl sites for hydroxylation is 2. The first-order valence-electron chi connectivity index (χ1n) is 6.67. The number of benzene rings is 2. The minimum absolute atomic E-state index is 0.315. The molecule has 1 N–H and O–H groups in total. The van der Waals surface area contributed by atoms with Crippen molar-refractivity contribution < 1.29 is 14.6 Å². The second-order valence-corrected chi connectivity index (χ2v) is 5.47. The molecule has 0 aliphatic rings. The normalized spacial score (nSPS) is 12.0. The molecule has 4 heteroatoms. The summed E-state index contributed by atoms with van der Waals surface area (Å²) in [5.74, 6) is -0.531. The maximum Gasteiger partial charge on any atom is 0.345 e. The molecule has 21 heavy (non-hydrogen) atoms. The third kappa shape index (κ3) is 4.23. The molecule has 2 aromatic carbocycles. The molecule has 0 amide bonds. The Balaban J connectivity index is 2.20. The van der Waals surface area contributed by atoms with Gasteiger partial charge in [0.2, 0.25) is 0 Å². The minimum Gasteiger partial charge on any atom is -0.478 e. The van der Waals surface area contributed by atoms with Crippen molar-refractivity contribution in [2.24, 2.45) is 0 Å². The second kappa shape index (κ2) is 6.64. The summed E-state index contributed by atoms with van der Waals surface area (Å²) in [5, 5.41) is 9.88. The van der Waals surface area contributed by atoms with E-state index in [1.165, 1.54) is 0 Å². The number of carboxylic acids is 1. The lowest BCUT2D eigenvalue weighted by Gasteiger charge is -2.17. The average Bonchev–Trinajstić information content (AvgIpc) is 2.42. The number of halogens is 1. The van der Waals surface area contributed by atoms with Crippen LogP contribution in [0.25, 0.3) is 0 Å². The second-order valence-electron chi connectivity index (χ2n) is 5.04. The van der Waals surface area contributed by atoms with E-state index in [2.05, 4.69) is 0 Å². The van der Waals surface area contributed by atoms with Gasteiger partial charge in [-0.3, -0.25) is 0 Å². The van der Waals surface area contributed by atoms with Crippen LogP contribution in [-0.2, 0) is 11.2 Å². The molecule has 0 heterocycles. The van der Waals surface area contributed by atoms with E-state index >= 15 is 0 Å². The van der Waals surface area contributed by atoms with E-state index in [1.54, 1.807) is 24.3 Å². The molecule has 0 spiro atoms. The Kier molecular flexibility index (Phi) is 4.86. The summed E-state index contributed by atoms with van der Waals surface area (Å²) in [6.45, 7) is 3.95. The average molecular weight is 305 g/mol. The number of rotatable bonds is 5. The Hall–Kier alpha value is -2.00. The molecule has 3 nitrogen and oxygen atoms in total. The Morgan fingerprint density at radius 3 is 2.67 bits per heavy atom. The van der Waals surface area contributed by atoms with E-state index in [-0.39, 0.29) is 0 Å². The predicted molar refractivity (Wildman–Crippen MR) is 83.1 cm³/mol. The first-order valence-corrected chi connectivity index (χ1v) is 7.04. The van der Waals surface area contributed by atoms with Crippen molar-refractivity contribution in [3.05, 3.63) is 64.2 Å². The number of carbonyl (C=O) groups is 1. The summed E-state index contributed by atoms with van der Waals surface area (Å²) in [5.41, 5.74) is 3.13. The highest BCUT2D eigenvalue weighted by atomic mass is 35.5. The summed E-state index contributed by atoms with van der Waals surface area (Å²) < 4.78 is 5.57. The molecular weight excluding hydrogens is 288 g/mol. The van der Waals surface area contributed by atoms with Crippen molar-refractivity contribution in [3.8, 4) is 5.75 Å². The first-order chi connectivity index (χ1) is 9.95. The quantitative estimate of drug-likeness (QED) is 0.907. The Morgan fingerprint density at radius 1 is 1.24 bits per heavy atom. The van der Waals surface area contributed by atoms with Crippen LogP contribution in [0.3, 0.4) is 0 Å². The maximum absolute atomic E-state index is 11.4. The van der Waals surface area contributed by atoms with Gasteiger partial charge in [-0.15, -0.1) is 0 Å². The van der Waals surface area contributed by atoms with Crippen molar-refractivity contribution in [3.63, 3.8) is 0 Å². The lowest BCUT2D eigenvalue weighted by molar-refractivity contribution is -0.145. The van der Waals surface area contributed by atoms with E-state index in [4.69, 9.17) is 16.3 Å². The van der Waals surface area contributed by atoms with Crippen LogP contribution in [0.5, 0.6) is 5.75 Å². The summed E-state index contributed by atoms with van der Waals surface area (Å²) in [6, 6.07) is 12.7. The zero-order valence-electron chi connectivity index (χ0n) is 12.0. The fourth-order valence-corrected chi connectivity index (χ4v) is 2.28. The van der Waals surface area contributed by atoms with Crippen LogP contribution in [0.15, 0.2) is 42.5 Å². The Morgan fingerprint density at radius 2 is 2.00 bits per heavy atom. The molecule has 2 aromatic rings.